The summed E-state index contributed by atoms with van der Waals surface area (Å²) >= 11 is 7.87. The van der Waals surface area contributed by atoms with Gasteiger partial charge in [-0.1, -0.05) is 35.9 Å². The third kappa shape index (κ3) is 3.85. The number of halogens is 1. The predicted octanol–water partition coefficient (Wildman–Crippen LogP) is 3.34. The number of carbonyl (C=O) groups excluding carboxylic acids is 1. The molecular weight excluding hydrogens is 362 g/mol. The minimum absolute atomic E-state index is 0.242. The molecule has 0 aliphatic carbocycles. The van der Waals surface area contributed by atoms with Gasteiger partial charge in [0.1, 0.15) is 11.3 Å². The van der Waals surface area contributed by atoms with Crippen LogP contribution in [0.4, 0.5) is 0 Å². The van der Waals surface area contributed by atoms with Crippen molar-refractivity contribution in [1.82, 2.24) is 5.32 Å². The zero-order valence-corrected chi connectivity index (χ0v) is 15.0. The maximum atomic E-state index is 12.3. The molecule has 1 aliphatic rings. The van der Waals surface area contributed by atoms with E-state index in [1.807, 2.05) is 24.3 Å². The van der Waals surface area contributed by atoms with E-state index in [4.69, 9.17) is 16.3 Å². The molecule has 1 saturated heterocycles. The van der Waals surface area contributed by atoms with Crippen LogP contribution in [0.15, 0.2) is 36.4 Å². The lowest BCUT2D eigenvalue weighted by molar-refractivity contribution is -0.148. The van der Waals surface area contributed by atoms with Gasteiger partial charge in [-0.25, -0.2) is 4.79 Å². The standard InChI is InChI=1S/C18H18ClNO4S/c19-14-5-6-15(13-4-2-1-3-12(13)14)24-11-16(21)20-18(17(22)23)7-9-25-10-8-18/h1-6H,7-11H2,(H,20,21)(H,22,23). The zero-order valence-electron chi connectivity index (χ0n) is 13.5. The van der Waals surface area contributed by atoms with E-state index in [2.05, 4.69) is 5.32 Å². The summed E-state index contributed by atoms with van der Waals surface area (Å²) in [7, 11) is 0. The van der Waals surface area contributed by atoms with E-state index < -0.39 is 17.4 Å². The molecule has 5 nitrogen and oxygen atoms in total. The second kappa shape index (κ2) is 7.54. The fraction of sp³-hybridized carbons (Fsp3) is 0.333. The molecule has 0 saturated carbocycles. The summed E-state index contributed by atoms with van der Waals surface area (Å²) < 4.78 is 5.63. The molecule has 3 rings (SSSR count). The summed E-state index contributed by atoms with van der Waals surface area (Å²) in [4.78, 5) is 23.9. The lowest BCUT2D eigenvalue weighted by Gasteiger charge is -2.33. The zero-order chi connectivity index (χ0) is 17.9. The molecule has 0 unspecified atom stereocenters. The summed E-state index contributed by atoms with van der Waals surface area (Å²) in [6.07, 6.45) is 0.839. The van der Waals surface area contributed by atoms with Crippen LogP contribution >= 0.6 is 23.4 Å². The van der Waals surface area contributed by atoms with Crippen LogP contribution < -0.4 is 10.1 Å². The van der Waals surface area contributed by atoms with Gasteiger partial charge in [-0.05, 0) is 36.5 Å². The summed E-state index contributed by atoms with van der Waals surface area (Å²) in [5, 5.41) is 14.4. The third-order valence-corrected chi connectivity index (χ3v) is 5.64. The van der Waals surface area contributed by atoms with Crippen LogP contribution in [0.5, 0.6) is 5.75 Å². The largest absolute Gasteiger partial charge is 0.483 e. The highest BCUT2D eigenvalue weighted by atomic mass is 35.5. The molecule has 0 aromatic heterocycles. The molecule has 0 atom stereocenters. The molecule has 7 heteroatoms. The number of carboxylic acids is 1. The van der Waals surface area contributed by atoms with Crippen molar-refractivity contribution in [1.29, 1.82) is 0 Å². The topological polar surface area (TPSA) is 75.6 Å². The monoisotopic (exact) mass is 379 g/mol. The van der Waals surface area contributed by atoms with E-state index in [1.54, 1.807) is 23.9 Å². The van der Waals surface area contributed by atoms with Crippen LogP contribution in [-0.2, 0) is 9.59 Å². The molecule has 2 aromatic rings. The number of carboxylic acid groups (broad SMARTS) is 1. The molecule has 25 heavy (non-hydrogen) atoms. The van der Waals surface area contributed by atoms with Gasteiger partial charge >= 0.3 is 5.97 Å². The van der Waals surface area contributed by atoms with E-state index in [-0.39, 0.29) is 6.61 Å². The minimum Gasteiger partial charge on any atom is -0.483 e. The van der Waals surface area contributed by atoms with Gasteiger partial charge < -0.3 is 15.2 Å². The summed E-state index contributed by atoms with van der Waals surface area (Å²) in [5.74, 6) is 0.551. The lowest BCUT2D eigenvalue weighted by Crippen LogP contribution is -2.57. The van der Waals surface area contributed by atoms with Gasteiger partial charge in [-0.2, -0.15) is 11.8 Å². The molecule has 132 valence electrons. The molecule has 1 amide bonds. The maximum absolute atomic E-state index is 12.3. The van der Waals surface area contributed by atoms with Crippen molar-refractivity contribution in [3.05, 3.63) is 41.4 Å². The van der Waals surface area contributed by atoms with Gasteiger partial charge in [-0.15, -0.1) is 0 Å². The number of rotatable bonds is 5. The second-order valence-corrected chi connectivity index (χ2v) is 7.56. The first kappa shape index (κ1) is 17.9. The first-order valence-electron chi connectivity index (χ1n) is 7.94. The SMILES string of the molecule is O=C(COc1ccc(Cl)c2ccccc12)NC1(C(=O)O)CCSCC1. The van der Waals surface area contributed by atoms with Crippen molar-refractivity contribution in [2.24, 2.45) is 0 Å². The number of thioether (sulfide) groups is 1. The Bertz CT molecular complexity index is 805. The van der Waals surface area contributed by atoms with Crippen LogP contribution in [-0.4, -0.2) is 40.6 Å². The average Bonchev–Trinajstić information content (AvgIpc) is 2.62. The summed E-state index contributed by atoms with van der Waals surface area (Å²) in [5.41, 5.74) is -1.19. The number of nitrogens with one attached hydrogen (secondary N) is 1. The number of ether oxygens (including phenoxy) is 1. The van der Waals surface area contributed by atoms with E-state index in [1.165, 1.54) is 0 Å². The molecule has 0 radical (unpaired) electrons. The Morgan fingerprint density at radius 3 is 2.52 bits per heavy atom. The van der Waals surface area contributed by atoms with Crippen molar-refractivity contribution < 1.29 is 19.4 Å². The first-order chi connectivity index (χ1) is 12.0. The van der Waals surface area contributed by atoms with Gasteiger partial charge in [0.05, 0.1) is 0 Å². The second-order valence-electron chi connectivity index (χ2n) is 5.93. The number of fused-ring (bicyclic) bond motifs is 1. The Balaban J connectivity index is 1.70. The summed E-state index contributed by atoms with van der Waals surface area (Å²) in [6.45, 7) is -0.242. The number of benzene rings is 2. The highest BCUT2D eigenvalue weighted by Gasteiger charge is 2.41. The van der Waals surface area contributed by atoms with Gasteiger partial charge in [-0.3, -0.25) is 4.79 Å². The first-order valence-corrected chi connectivity index (χ1v) is 9.47. The van der Waals surface area contributed by atoms with Crippen molar-refractivity contribution in [3.63, 3.8) is 0 Å². The number of amides is 1. The smallest absolute Gasteiger partial charge is 0.329 e. The van der Waals surface area contributed by atoms with Crippen molar-refractivity contribution in [3.8, 4) is 5.75 Å². The maximum Gasteiger partial charge on any atom is 0.329 e. The van der Waals surface area contributed by atoms with Crippen LogP contribution in [0.3, 0.4) is 0 Å². The van der Waals surface area contributed by atoms with Crippen molar-refractivity contribution >= 4 is 46.0 Å². The van der Waals surface area contributed by atoms with Crippen LogP contribution in [0.25, 0.3) is 10.8 Å². The van der Waals surface area contributed by atoms with E-state index >= 15 is 0 Å². The number of hydrogen-bond donors (Lipinski definition) is 2. The summed E-state index contributed by atoms with van der Waals surface area (Å²) in [6, 6.07) is 10.9. The highest BCUT2D eigenvalue weighted by molar-refractivity contribution is 7.99. The average molecular weight is 380 g/mol. The molecule has 1 fully saturated rings. The molecule has 2 N–H and O–H groups in total. The Kier molecular flexibility index (Phi) is 5.39. The molecule has 1 heterocycles. The van der Waals surface area contributed by atoms with E-state index in [9.17, 15) is 14.7 Å². The van der Waals surface area contributed by atoms with Crippen LogP contribution in [0, 0.1) is 0 Å². The van der Waals surface area contributed by atoms with Gasteiger partial charge in [0.2, 0.25) is 0 Å². The highest BCUT2D eigenvalue weighted by Crippen LogP contribution is 2.31. The van der Waals surface area contributed by atoms with Crippen LogP contribution in [0.1, 0.15) is 12.8 Å². The molecule has 2 aromatic carbocycles. The van der Waals surface area contributed by atoms with Gasteiger partial charge in [0.25, 0.3) is 5.91 Å². The van der Waals surface area contributed by atoms with Gasteiger partial charge in [0.15, 0.2) is 6.61 Å². The third-order valence-electron chi connectivity index (χ3n) is 4.32. The van der Waals surface area contributed by atoms with E-state index in [0.29, 0.717) is 23.6 Å². The number of aliphatic carboxylic acids is 1. The predicted molar refractivity (Wildman–Crippen MR) is 99.5 cm³/mol. The van der Waals surface area contributed by atoms with E-state index in [0.717, 1.165) is 22.3 Å². The Morgan fingerprint density at radius 2 is 1.84 bits per heavy atom. The number of carbonyl (C=O) groups is 2. The Labute approximate surface area is 154 Å². The lowest BCUT2D eigenvalue weighted by atomic mass is 9.92. The fourth-order valence-corrected chi connectivity index (χ4v) is 4.34. The molecular formula is C18H18ClNO4S. The van der Waals surface area contributed by atoms with Crippen molar-refractivity contribution in [2.45, 2.75) is 18.4 Å². The van der Waals surface area contributed by atoms with Crippen molar-refractivity contribution in [2.75, 3.05) is 18.1 Å². The molecule has 0 spiro atoms. The normalized spacial score (nSPS) is 16.4. The molecule has 0 bridgehead atoms. The van der Waals surface area contributed by atoms with Crippen LogP contribution in [0.2, 0.25) is 5.02 Å². The Hall–Kier alpha value is -1.92. The number of hydrogen-bond acceptors (Lipinski definition) is 4. The minimum atomic E-state index is -1.19. The fourth-order valence-electron chi connectivity index (χ4n) is 2.92. The molecule has 1 aliphatic heterocycles. The van der Waals surface area contributed by atoms with Gasteiger partial charge in [0, 0.05) is 15.8 Å². The quantitative estimate of drug-likeness (QED) is 0.833. The Morgan fingerprint density at radius 1 is 1.16 bits per heavy atom.